The van der Waals surface area contributed by atoms with Crippen molar-refractivity contribution in [3.8, 4) is 0 Å². The Hall–Kier alpha value is -1.34. The zero-order valence-electron chi connectivity index (χ0n) is 14.2. The zero-order valence-corrected chi connectivity index (χ0v) is 14.2. The number of rotatable bonds is 6. The SMILES string of the molecule is CN(CC(=O)O)CC1CN(C(=O)NCC2(C)CCCC2)CCO1. The number of hydrogen-bond acceptors (Lipinski definition) is 4. The third kappa shape index (κ3) is 5.66. The smallest absolute Gasteiger partial charge is 0.317 e. The van der Waals surface area contributed by atoms with Crippen molar-refractivity contribution in [1.29, 1.82) is 0 Å². The number of carboxylic acids is 1. The molecule has 1 aliphatic heterocycles. The molecule has 2 amide bonds. The van der Waals surface area contributed by atoms with Crippen LogP contribution in [0.5, 0.6) is 0 Å². The Labute approximate surface area is 138 Å². The maximum absolute atomic E-state index is 12.4. The first kappa shape index (κ1) is 18.0. The number of hydrogen-bond donors (Lipinski definition) is 2. The van der Waals surface area contributed by atoms with Crippen LogP contribution >= 0.6 is 0 Å². The lowest BCUT2D eigenvalue weighted by Gasteiger charge is -2.35. The third-order valence-electron chi connectivity index (χ3n) is 4.82. The van der Waals surface area contributed by atoms with Gasteiger partial charge in [0.05, 0.1) is 19.3 Å². The van der Waals surface area contributed by atoms with Gasteiger partial charge in [0.25, 0.3) is 0 Å². The Morgan fingerprint density at radius 1 is 1.39 bits per heavy atom. The fraction of sp³-hybridized carbons (Fsp3) is 0.875. The van der Waals surface area contributed by atoms with E-state index < -0.39 is 5.97 Å². The Morgan fingerprint density at radius 3 is 2.74 bits per heavy atom. The number of carbonyl (C=O) groups is 2. The molecule has 0 bridgehead atoms. The molecule has 1 aliphatic carbocycles. The first-order valence-corrected chi connectivity index (χ1v) is 8.43. The third-order valence-corrected chi connectivity index (χ3v) is 4.82. The molecule has 2 fully saturated rings. The molecule has 7 heteroatoms. The van der Waals surface area contributed by atoms with E-state index in [1.54, 1.807) is 16.8 Å². The van der Waals surface area contributed by atoms with E-state index in [2.05, 4.69) is 12.2 Å². The van der Waals surface area contributed by atoms with E-state index in [0.717, 1.165) is 6.54 Å². The number of aliphatic carboxylic acids is 1. The van der Waals surface area contributed by atoms with E-state index in [1.807, 2.05) is 0 Å². The van der Waals surface area contributed by atoms with Crippen LogP contribution in [0.25, 0.3) is 0 Å². The number of likely N-dealkylation sites (N-methyl/N-ethyl adjacent to an activating group) is 1. The van der Waals surface area contributed by atoms with Gasteiger partial charge in [-0.1, -0.05) is 19.8 Å². The average molecular weight is 327 g/mol. The molecular formula is C16H29N3O4. The summed E-state index contributed by atoms with van der Waals surface area (Å²) in [5.41, 5.74) is 0.239. The molecule has 0 aromatic carbocycles. The fourth-order valence-corrected chi connectivity index (χ4v) is 3.46. The van der Waals surface area contributed by atoms with Gasteiger partial charge in [-0.3, -0.25) is 9.69 Å². The first-order chi connectivity index (χ1) is 10.9. The van der Waals surface area contributed by atoms with Crippen LogP contribution in [0, 0.1) is 5.41 Å². The minimum atomic E-state index is -0.859. The summed E-state index contributed by atoms with van der Waals surface area (Å²) < 4.78 is 5.65. The largest absolute Gasteiger partial charge is 0.480 e. The summed E-state index contributed by atoms with van der Waals surface area (Å²) >= 11 is 0. The van der Waals surface area contributed by atoms with E-state index in [4.69, 9.17) is 9.84 Å². The normalized spacial score (nSPS) is 24.0. The number of carbonyl (C=O) groups excluding carboxylic acids is 1. The minimum Gasteiger partial charge on any atom is -0.480 e. The van der Waals surface area contributed by atoms with Crippen molar-refractivity contribution in [3.05, 3.63) is 0 Å². The molecule has 2 rings (SSSR count). The van der Waals surface area contributed by atoms with E-state index in [9.17, 15) is 9.59 Å². The number of amides is 2. The van der Waals surface area contributed by atoms with Crippen molar-refractivity contribution in [3.63, 3.8) is 0 Å². The van der Waals surface area contributed by atoms with Gasteiger partial charge in [0.1, 0.15) is 0 Å². The summed E-state index contributed by atoms with van der Waals surface area (Å²) in [5, 5.41) is 11.9. The lowest BCUT2D eigenvalue weighted by atomic mass is 9.89. The Bertz CT molecular complexity index is 424. The van der Waals surface area contributed by atoms with E-state index in [0.29, 0.717) is 26.2 Å². The molecule has 0 aromatic heterocycles. The second-order valence-corrected chi connectivity index (χ2v) is 7.21. The van der Waals surface area contributed by atoms with E-state index in [1.165, 1.54) is 25.7 Å². The molecule has 0 spiro atoms. The quantitative estimate of drug-likeness (QED) is 0.760. The van der Waals surface area contributed by atoms with Crippen LogP contribution in [0.2, 0.25) is 0 Å². The maximum atomic E-state index is 12.4. The zero-order chi connectivity index (χ0) is 16.9. The topological polar surface area (TPSA) is 82.1 Å². The van der Waals surface area contributed by atoms with Gasteiger partial charge in [0.15, 0.2) is 0 Å². The molecule has 1 unspecified atom stereocenters. The monoisotopic (exact) mass is 327 g/mol. The molecule has 0 radical (unpaired) electrons. The van der Waals surface area contributed by atoms with Gasteiger partial charge in [-0.2, -0.15) is 0 Å². The van der Waals surface area contributed by atoms with Crippen LogP contribution in [0.15, 0.2) is 0 Å². The van der Waals surface area contributed by atoms with Gasteiger partial charge in [-0.15, -0.1) is 0 Å². The number of urea groups is 1. The highest BCUT2D eigenvalue weighted by Gasteiger charge is 2.31. The highest BCUT2D eigenvalue weighted by atomic mass is 16.5. The first-order valence-electron chi connectivity index (χ1n) is 8.43. The van der Waals surface area contributed by atoms with Crippen molar-refractivity contribution in [1.82, 2.24) is 15.1 Å². The summed E-state index contributed by atoms with van der Waals surface area (Å²) in [6.45, 7) is 5.04. The van der Waals surface area contributed by atoms with Gasteiger partial charge in [-0.05, 0) is 25.3 Å². The molecule has 1 saturated heterocycles. The number of nitrogens with zero attached hydrogens (tertiary/aromatic N) is 2. The average Bonchev–Trinajstić information content (AvgIpc) is 2.91. The molecule has 2 N–H and O–H groups in total. The molecule has 1 atom stereocenters. The molecule has 0 aromatic rings. The second kappa shape index (κ2) is 7.97. The summed E-state index contributed by atoms with van der Waals surface area (Å²) in [5.74, 6) is -0.859. The number of morpholine rings is 1. The Kier molecular flexibility index (Phi) is 6.24. The van der Waals surface area contributed by atoms with E-state index in [-0.39, 0.29) is 24.1 Å². The standard InChI is InChI=1S/C16H29N3O4/c1-16(5-3-4-6-16)12-17-15(22)19-7-8-23-13(10-19)9-18(2)11-14(20)21/h13H,3-12H2,1-2H3,(H,17,22)(H,20,21). The number of ether oxygens (including phenoxy) is 1. The van der Waals surface area contributed by atoms with Crippen LogP contribution in [0.1, 0.15) is 32.6 Å². The van der Waals surface area contributed by atoms with Gasteiger partial charge >= 0.3 is 12.0 Å². The molecule has 1 saturated carbocycles. The lowest BCUT2D eigenvalue weighted by molar-refractivity contribution is -0.138. The number of nitrogens with one attached hydrogen (secondary N) is 1. The second-order valence-electron chi connectivity index (χ2n) is 7.21. The van der Waals surface area contributed by atoms with Crippen LogP contribution in [0.4, 0.5) is 4.79 Å². The molecule has 2 aliphatic rings. The predicted molar refractivity (Wildman–Crippen MR) is 86.4 cm³/mol. The summed E-state index contributed by atoms with van der Waals surface area (Å²) in [4.78, 5) is 26.5. The van der Waals surface area contributed by atoms with E-state index >= 15 is 0 Å². The Morgan fingerprint density at radius 2 is 2.09 bits per heavy atom. The molecule has 7 nitrogen and oxygen atoms in total. The van der Waals surface area contributed by atoms with Crippen molar-refractivity contribution in [2.24, 2.45) is 5.41 Å². The molecular weight excluding hydrogens is 298 g/mol. The summed E-state index contributed by atoms with van der Waals surface area (Å²) in [6, 6.07) is -0.0349. The summed E-state index contributed by atoms with van der Waals surface area (Å²) in [6.07, 6.45) is 4.72. The van der Waals surface area contributed by atoms with Crippen molar-refractivity contribution >= 4 is 12.0 Å². The Balaban J connectivity index is 1.76. The number of carboxylic acid groups (broad SMARTS) is 1. The fourth-order valence-electron chi connectivity index (χ4n) is 3.46. The van der Waals surface area contributed by atoms with Gasteiger partial charge in [-0.25, -0.2) is 4.79 Å². The van der Waals surface area contributed by atoms with Crippen molar-refractivity contribution < 1.29 is 19.4 Å². The van der Waals surface area contributed by atoms with Gasteiger partial charge in [0, 0.05) is 26.2 Å². The highest BCUT2D eigenvalue weighted by molar-refractivity contribution is 5.74. The van der Waals surface area contributed by atoms with Crippen LogP contribution in [-0.2, 0) is 9.53 Å². The minimum absolute atomic E-state index is 0.0234. The molecule has 132 valence electrons. The highest BCUT2D eigenvalue weighted by Crippen LogP contribution is 2.36. The van der Waals surface area contributed by atoms with Crippen molar-refractivity contribution in [2.45, 2.75) is 38.7 Å². The van der Waals surface area contributed by atoms with Gasteiger partial charge in [0.2, 0.25) is 0 Å². The molecule has 23 heavy (non-hydrogen) atoms. The van der Waals surface area contributed by atoms with Crippen LogP contribution in [-0.4, -0.2) is 79.4 Å². The molecule has 1 heterocycles. The van der Waals surface area contributed by atoms with Crippen molar-refractivity contribution in [2.75, 3.05) is 46.4 Å². The predicted octanol–water partition coefficient (Wildman–Crippen LogP) is 0.994. The van der Waals surface area contributed by atoms with Crippen LogP contribution in [0.3, 0.4) is 0 Å². The lowest BCUT2D eigenvalue weighted by Crippen LogP contribution is -2.53. The summed E-state index contributed by atoms with van der Waals surface area (Å²) in [7, 11) is 1.75. The maximum Gasteiger partial charge on any atom is 0.317 e. The van der Waals surface area contributed by atoms with Gasteiger partial charge < -0.3 is 20.1 Å². The van der Waals surface area contributed by atoms with Crippen LogP contribution < -0.4 is 5.32 Å².